The number of carbonyl (C=O) groups is 2. The van der Waals surface area contributed by atoms with Gasteiger partial charge >= 0.3 is 0 Å². The summed E-state index contributed by atoms with van der Waals surface area (Å²) >= 11 is 5.77. The number of hydrogen-bond acceptors (Lipinski definition) is 7. The van der Waals surface area contributed by atoms with Gasteiger partial charge in [0.25, 0.3) is 5.91 Å². The van der Waals surface area contributed by atoms with Crippen molar-refractivity contribution < 1.29 is 36.7 Å². The number of carbonyl (C=O) groups excluding carboxylic acids is 2. The molecule has 13 heteroatoms. The summed E-state index contributed by atoms with van der Waals surface area (Å²) < 4.78 is 61.7. The van der Waals surface area contributed by atoms with Gasteiger partial charge in [-0.1, -0.05) is 18.5 Å². The molecule has 0 bridgehead atoms. The van der Waals surface area contributed by atoms with E-state index in [0.717, 1.165) is 4.31 Å². The molecule has 0 radical (unpaired) electrons. The van der Waals surface area contributed by atoms with E-state index in [1.807, 2.05) is 0 Å². The molecule has 0 aromatic heterocycles. The fourth-order valence-electron chi connectivity index (χ4n) is 3.44. The van der Waals surface area contributed by atoms with Crippen LogP contribution in [0.4, 0.5) is 8.78 Å². The molecule has 0 aliphatic carbocycles. The zero-order chi connectivity index (χ0) is 25.0. The topological polar surface area (TPSA) is 116 Å². The summed E-state index contributed by atoms with van der Waals surface area (Å²) in [5.74, 6) is -4.43. The van der Waals surface area contributed by atoms with Crippen LogP contribution < -0.4 is 10.2 Å². The molecule has 0 unspecified atom stereocenters. The molecule has 2 aromatic carbocycles. The molecule has 0 spiro atoms. The lowest BCUT2D eigenvalue weighted by atomic mass is 10.2. The summed E-state index contributed by atoms with van der Waals surface area (Å²) in [6, 6.07) is 5.41. The van der Waals surface area contributed by atoms with Gasteiger partial charge in [0.05, 0.1) is 11.4 Å². The fraction of sp³-hybridized carbons (Fsp3) is 0.333. The minimum Gasteiger partial charge on any atom is -0.451 e. The molecular weight excluding hydrogens is 496 g/mol. The minimum atomic E-state index is -4.57. The van der Waals surface area contributed by atoms with Crippen LogP contribution in [-0.2, 0) is 19.6 Å². The van der Waals surface area contributed by atoms with Crippen LogP contribution in [0.25, 0.3) is 0 Å². The normalized spacial score (nSPS) is 17.4. The lowest BCUT2D eigenvalue weighted by molar-refractivity contribution is -0.135. The third-order valence-corrected chi connectivity index (χ3v) is 7.37. The standard InChI is InChI=1S/C21H22ClF2N3O6S/c1-2-14(28)11-26-7-8-27(19(12-26)21(29)25-30)34(31,32)16-9-17(23)20(18(24)10-16)33-15-5-3-13(22)4-6-15/h3-6,9-10,19,30H,2,7-8,11-12H2,1H3,(H,25,29)/t19-/m1/s1. The monoisotopic (exact) mass is 517 g/mol. The predicted octanol–water partition coefficient (Wildman–Crippen LogP) is 2.57. The maximum Gasteiger partial charge on any atom is 0.263 e. The maximum absolute atomic E-state index is 14.7. The number of hydrogen-bond donors (Lipinski definition) is 2. The number of ketones is 1. The first-order valence-electron chi connectivity index (χ1n) is 10.2. The van der Waals surface area contributed by atoms with Crippen LogP contribution in [0.15, 0.2) is 41.3 Å². The van der Waals surface area contributed by atoms with Crippen LogP contribution in [-0.4, -0.2) is 66.7 Å². The highest BCUT2D eigenvalue weighted by molar-refractivity contribution is 7.89. The Bertz CT molecular complexity index is 1160. The van der Waals surface area contributed by atoms with E-state index in [2.05, 4.69) is 0 Å². The van der Waals surface area contributed by atoms with Gasteiger partial charge in [-0.25, -0.2) is 22.7 Å². The number of halogens is 3. The van der Waals surface area contributed by atoms with Gasteiger partial charge in [-0.15, -0.1) is 0 Å². The van der Waals surface area contributed by atoms with Gasteiger partial charge in [-0.05, 0) is 36.4 Å². The van der Waals surface area contributed by atoms with Crippen molar-refractivity contribution in [3.8, 4) is 11.5 Å². The number of benzene rings is 2. The Morgan fingerprint density at radius 3 is 2.35 bits per heavy atom. The Morgan fingerprint density at radius 2 is 1.79 bits per heavy atom. The number of rotatable bonds is 8. The number of Topliss-reactive ketones (excluding diaryl/α,β-unsaturated/α-hetero) is 1. The van der Waals surface area contributed by atoms with Crippen LogP contribution in [0.2, 0.25) is 5.02 Å². The third kappa shape index (κ3) is 5.70. The molecule has 0 saturated carbocycles. The van der Waals surface area contributed by atoms with Crippen LogP contribution in [0.3, 0.4) is 0 Å². The molecule has 9 nitrogen and oxygen atoms in total. The average molecular weight is 518 g/mol. The Labute approximate surface area is 199 Å². The van der Waals surface area contributed by atoms with Crippen molar-refractivity contribution in [2.24, 2.45) is 0 Å². The fourth-order valence-corrected chi connectivity index (χ4v) is 5.16. The number of nitrogens with zero attached hydrogens (tertiary/aromatic N) is 2. The van der Waals surface area contributed by atoms with E-state index in [1.165, 1.54) is 29.7 Å². The van der Waals surface area contributed by atoms with Crippen molar-refractivity contribution in [1.82, 2.24) is 14.7 Å². The molecule has 1 aliphatic heterocycles. The van der Waals surface area contributed by atoms with Crippen molar-refractivity contribution in [3.63, 3.8) is 0 Å². The number of piperazine rings is 1. The molecule has 2 aromatic rings. The Morgan fingerprint density at radius 1 is 1.18 bits per heavy atom. The highest BCUT2D eigenvalue weighted by atomic mass is 35.5. The first kappa shape index (κ1) is 26.0. The van der Waals surface area contributed by atoms with Gasteiger partial charge in [0, 0.05) is 31.1 Å². The molecular formula is C21H22ClF2N3O6S. The number of sulfonamides is 1. The molecule has 1 atom stereocenters. The molecule has 1 aliphatic rings. The maximum atomic E-state index is 14.7. The largest absolute Gasteiger partial charge is 0.451 e. The third-order valence-electron chi connectivity index (χ3n) is 5.23. The second-order valence-corrected chi connectivity index (χ2v) is 9.83. The van der Waals surface area contributed by atoms with Crippen molar-refractivity contribution >= 4 is 33.3 Å². The second kappa shape index (κ2) is 10.7. The zero-order valence-electron chi connectivity index (χ0n) is 18.0. The smallest absolute Gasteiger partial charge is 0.263 e. The molecule has 3 rings (SSSR count). The van der Waals surface area contributed by atoms with E-state index in [0.29, 0.717) is 17.2 Å². The SMILES string of the molecule is CCC(=O)CN1CCN(S(=O)(=O)c2cc(F)c(Oc3ccc(Cl)cc3)c(F)c2)[C@@H](C(=O)NO)C1. The van der Waals surface area contributed by atoms with Crippen LogP contribution in [0, 0.1) is 11.6 Å². The minimum absolute atomic E-state index is 0.000410. The molecule has 1 fully saturated rings. The van der Waals surface area contributed by atoms with Gasteiger partial charge in [-0.2, -0.15) is 4.31 Å². The number of hydroxylamine groups is 1. The molecule has 34 heavy (non-hydrogen) atoms. The van der Waals surface area contributed by atoms with E-state index in [1.54, 1.807) is 11.8 Å². The van der Waals surface area contributed by atoms with Crippen LogP contribution in [0.5, 0.6) is 11.5 Å². The van der Waals surface area contributed by atoms with Crippen molar-refractivity contribution in [2.45, 2.75) is 24.3 Å². The van der Waals surface area contributed by atoms with E-state index < -0.39 is 44.3 Å². The lowest BCUT2D eigenvalue weighted by Crippen LogP contribution is -2.60. The quantitative estimate of drug-likeness (QED) is 0.408. The van der Waals surface area contributed by atoms with E-state index in [-0.39, 0.29) is 44.1 Å². The van der Waals surface area contributed by atoms with E-state index in [9.17, 15) is 26.8 Å². The van der Waals surface area contributed by atoms with Crippen molar-refractivity contribution in [3.05, 3.63) is 53.1 Å². The summed E-state index contributed by atoms with van der Waals surface area (Å²) in [4.78, 5) is 24.8. The van der Waals surface area contributed by atoms with Gasteiger partial charge < -0.3 is 4.74 Å². The Hall–Kier alpha value is -2.64. The molecule has 1 amide bonds. The van der Waals surface area contributed by atoms with Gasteiger partial charge in [-0.3, -0.25) is 19.7 Å². The highest BCUT2D eigenvalue weighted by Crippen LogP contribution is 2.32. The van der Waals surface area contributed by atoms with Gasteiger partial charge in [0.15, 0.2) is 17.4 Å². The van der Waals surface area contributed by atoms with Crippen LogP contribution >= 0.6 is 11.6 Å². The predicted molar refractivity (Wildman–Crippen MR) is 117 cm³/mol. The summed E-state index contributed by atoms with van der Waals surface area (Å²) in [5, 5.41) is 9.47. The Kier molecular flexibility index (Phi) is 8.21. The Balaban J connectivity index is 1.89. The first-order valence-corrected chi connectivity index (χ1v) is 12.0. The second-order valence-electron chi connectivity index (χ2n) is 7.51. The lowest BCUT2D eigenvalue weighted by Gasteiger charge is -2.38. The zero-order valence-corrected chi connectivity index (χ0v) is 19.6. The van der Waals surface area contributed by atoms with E-state index >= 15 is 0 Å². The van der Waals surface area contributed by atoms with Crippen molar-refractivity contribution in [1.29, 1.82) is 0 Å². The number of ether oxygens (including phenoxy) is 1. The average Bonchev–Trinajstić information content (AvgIpc) is 2.81. The first-order chi connectivity index (χ1) is 16.1. The number of amides is 1. The highest BCUT2D eigenvalue weighted by Gasteiger charge is 2.41. The summed E-state index contributed by atoms with van der Waals surface area (Å²) in [6.07, 6.45) is 0.262. The molecule has 184 valence electrons. The van der Waals surface area contributed by atoms with Gasteiger partial charge in [0.2, 0.25) is 10.0 Å². The van der Waals surface area contributed by atoms with Gasteiger partial charge in [0.1, 0.15) is 17.6 Å². The van der Waals surface area contributed by atoms with Crippen LogP contribution in [0.1, 0.15) is 13.3 Å². The molecule has 1 saturated heterocycles. The summed E-state index contributed by atoms with van der Waals surface area (Å²) in [5.41, 5.74) is 1.41. The summed E-state index contributed by atoms with van der Waals surface area (Å²) in [6.45, 7) is 1.33. The molecule has 1 heterocycles. The number of nitrogens with one attached hydrogen (secondary N) is 1. The van der Waals surface area contributed by atoms with Crippen molar-refractivity contribution in [2.75, 3.05) is 26.2 Å². The van der Waals surface area contributed by atoms with E-state index in [4.69, 9.17) is 21.5 Å². The molecule has 2 N–H and O–H groups in total. The summed E-state index contributed by atoms with van der Waals surface area (Å²) in [7, 11) is -4.57.